The molecule has 0 aliphatic heterocycles. The van der Waals surface area contributed by atoms with E-state index in [9.17, 15) is 9.18 Å². The zero-order valence-electron chi connectivity index (χ0n) is 12.2. The van der Waals surface area contributed by atoms with Gasteiger partial charge in [0.25, 0.3) is 5.91 Å². The maximum Gasteiger partial charge on any atom is 0.263 e. The second-order valence-corrected chi connectivity index (χ2v) is 5.12. The number of benzene rings is 1. The fourth-order valence-corrected chi connectivity index (χ4v) is 2.10. The van der Waals surface area contributed by atoms with Gasteiger partial charge in [0.1, 0.15) is 0 Å². The molecule has 0 heterocycles. The summed E-state index contributed by atoms with van der Waals surface area (Å²) < 4.78 is 18.9. The Kier molecular flexibility index (Phi) is 5.33. The minimum atomic E-state index is -0.707. The van der Waals surface area contributed by atoms with Crippen LogP contribution < -0.4 is 4.74 Å². The number of rotatable bonds is 5. The molecule has 1 amide bonds. The number of halogens is 1. The molecule has 0 fully saturated rings. The van der Waals surface area contributed by atoms with Crippen molar-refractivity contribution in [2.24, 2.45) is 0 Å². The molecule has 0 spiro atoms. The summed E-state index contributed by atoms with van der Waals surface area (Å²) in [4.78, 5) is 14.1. The summed E-state index contributed by atoms with van der Waals surface area (Å²) in [6, 6.07) is 6.27. The van der Waals surface area contributed by atoms with Crippen LogP contribution in [0.1, 0.15) is 34.6 Å². The molecule has 0 bridgehead atoms. The second kappa shape index (κ2) is 6.55. The molecule has 1 aromatic carbocycles. The Balaban J connectivity index is 2.80. The normalized spacial score (nSPS) is 12.6. The minimum Gasteiger partial charge on any atom is -0.478 e. The standard InChI is InChI=1S/C15H22FNO2/c1-10(2)17(11(3)4)15(18)12(5)19-14-9-7-6-8-13(14)16/h6-12H,1-5H3. The van der Waals surface area contributed by atoms with Crippen molar-refractivity contribution in [2.45, 2.75) is 52.8 Å². The van der Waals surface area contributed by atoms with Gasteiger partial charge in [-0.15, -0.1) is 0 Å². The molecule has 1 atom stereocenters. The fourth-order valence-electron chi connectivity index (χ4n) is 2.10. The SMILES string of the molecule is CC(Oc1ccccc1F)C(=O)N(C(C)C)C(C)C. The van der Waals surface area contributed by atoms with E-state index < -0.39 is 11.9 Å². The summed E-state index contributed by atoms with van der Waals surface area (Å²) in [6.45, 7) is 9.45. The molecule has 0 saturated heterocycles. The number of hydrogen-bond donors (Lipinski definition) is 0. The molecule has 1 rings (SSSR count). The lowest BCUT2D eigenvalue weighted by Gasteiger charge is -2.33. The van der Waals surface area contributed by atoms with Gasteiger partial charge in [-0.25, -0.2) is 4.39 Å². The number of para-hydroxylation sites is 1. The summed E-state index contributed by atoms with van der Waals surface area (Å²) in [5, 5.41) is 0. The molecule has 1 aromatic rings. The van der Waals surface area contributed by atoms with Crippen LogP contribution in [0.15, 0.2) is 24.3 Å². The van der Waals surface area contributed by atoms with Gasteiger partial charge in [-0.3, -0.25) is 4.79 Å². The van der Waals surface area contributed by atoms with Crippen molar-refractivity contribution in [2.75, 3.05) is 0 Å². The Morgan fingerprint density at radius 2 is 1.63 bits per heavy atom. The maximum atomic E-state index is 13.5. The number of carbonyl (C=O) groups is 1. The third-order valence-corrected chi connectivity index (χ3v) is 2.86. The van der Waals surface area contributed by atoms with Crippen molar-refractivity contribution >= 4 is 5.91 Å². The van der Waals surface area contributed by atoms with Gasteiger partial charge < -0.3 is 9.64 Å². The highest BCUT2D eigenvalue weighted by molar-refractivity contribution is 5.81. The summed E-state index contributed by atoms with van der Waals surface area (Å²) >= 11 is 0. The lowest BCUT2D eigenvalue weighted by molar-refractivity contribution is -0.141. The van der Waals surface area contributed by atoms with Crippen LogP contribution in [0.25, 0.3) is 0 Å². The number of ether oxygens (including phenoxy) is 1. The number of carbonyl (C=O) groups excluding carboxylic acids is 1. The van der Waals surface area contributed by atoms with Gasteiger partial charge in [0.2, 0.25) is 0 Å². The van der Waals surface area contributed by atoms with Gasteiger partial charge in [-0.1, -0.05) is 12.1 Å². The van der Waals surface area contributed by atoms with E-state index in [4.69, 9.17) is 4.74 Å². The first-order chi connectivity index (χ1) is 8.84. The molecule has 1 unspecified atom stereocenters. The number of nitrogens with zero attached hydrogens (tertiary/aromatic N) is 1. The largest absolute Gasteiger partial charge is 0.478 e. The van der Waals surface area contributed by atoms with Gasteiger partial charge in [-0.05, 0) is 46.8 Å². The van der Waals surface area contributed by atoms with Crippen LogP contribution in [0.5, 0.6) is 5.75 Å². The van der Waals surface area contributed by atoms with Crippen molar-refractivity contribution in [1.82, 2.24) is 4.90 Å². The molecule has 0 aliphatic rings. The summed E-state index contributed by atoms with van der Waals surface area (Å²) in [5.41, 5.74) is 0. The Labute approximate surface area is 114 Å². The van der Waals surface area contributed by atoms with Crippen LogP contribution in [0, 0.1) is 5.82 Å². The van der Waals surface area contributed by atoms with Gasteiger partial charge in [0, 0.05) is 12.1 Å². The van der Waals surface area contributed by atoms with E-state index in [-0.39, 0.29) is 23.7 Å². The van der Waals surface area contributed by atoms with Gasteiger partial charge in [-0.2, -0.15) is 0 Å². The van der Waals surface area contributed by atoms with Crippen molar-refractivity contribution in [3.05, 3.63) is 30.1 Å². The average Bonchev–Trinajstić information content (AvgIpc) is 2.31. The predicted molar refractivity (Wildman–Crippen MR) is 73.6 cm³/mol. The monoisotopic (exact) mass is 267 g/mol. The zero-order chi connectivity index (χ0) is 14.6. The smallest absolute Gasteiger partial charge is 0.263 e. The molecular formula is C15H22FNO2. The molecule has 4 heteroatoms. The molecule has 19 heavy (non-hydrogen) atoms. The van der Waals surface area contributed by atoms with Crippen molar-refractivity contribution < 1.29 is 13.9 Å². The lowest BCUT2D eigenvalue weighted by atomic mass is 10.2. The Bertz CT molecular complexity index is 424. The predicted octanol–water partition coefficient (Wildman–Crippen LogP) is 3.24. The van der Waals surface area contributed by atoms with E-state index >= 15 is 0 Å². The topological polar surface area (TPSA) is 29.5 Å². The summed E-state index contributed by atoms with van der Waals surface area (Å²) in [7, 11) is 0. The number of hydrogen-bond acceptors (Lipinski definition) is 2. The first-order valence-corrected chi connectivity index (χ1v) is 6.58. The van der Waals surface area contributed by atoms with E-state index in [1.54, 1.807) is 24.0 Å². The average molecular weight is 267 g/mol. The van der Waals surface area contributed by atoms with Crippen LogP contribution in [0.2, 0.25) is 0 Å². The molecule has 0 N–H and O–H groups in total. The Morgan fingerprint density at radius 3 is 2.11 bits per heavy atom. The van der Waals surface area contributed by atoms with E-state index in [1.165, 1.54) is 12.1 Å². The summed E-state index contributed by atoms with van der Waals surface area (Å²) in [5.74, 6) is -0.480. The molecule has 106 valence electrons. The molecular weight excluding hydrogens is 245 g/mol. The van der Waals surface area contributed by atoms with E-state index in [1.807, 2.05) is 27.7 Å². The van der Waals surface area contributed by atoms with Crippen molar-refractivity contribution in [3.63, 3.8) is 0 Å². The molecule has 0 saturated carbocycles. The highest BCUT2D eigenvalue weighted by Crippen LogP contribution is 2.18. The van der Waals surface area contributed by atoms with Crippen LogP contribution in [0.4, 0.5) is 4.39 Å². The highest BCUT2D eigenvalue weighted by Gasteiger charge is 2.26. The summed E-state index contributed by atoms with van der Waals surface area (Å²) in [6.07, 6.45) is -0.707. The van der Waals surface area contributed by atoms with E-state index in [2.05, 4.69) is 0 Å². The number of amides is 1. The third-order valence-electron chi connectivity index (χ3n) is 2.86. The third kappa shape index (κ3) is 3.94. The Hall–Kier alpha value is -1.58. The van der Waals surface area contributed by atoms with Gasteiger partial charge >= 0.3 is 0 Å². The van der Waals surface area contributed by atoms with E-state index in [0.717, 1.165) is 0 Å². The maximum absolute atomic E-state index is 13.5. The minimum absolute atomic E-state index is 0.0826. The Morgan fingerprint density at radius 1 is 1.11 bits per heavy atom. The van der Waals surface area contributed by atoms with Crippen LogP contribution in [-0.2, 0) is 4.79 Å². The van der Waals surface area contributed by atoms with Crippen LogP contribution in [-0.4, -0.2) is 29.0 Å². The molecule has 0 radical (unpaired) electrons. The second-order valence-electron chi connectivity index (χ2n) is 5.12. The lowest BCUT2D eigenvalue weighted by Crippen LogP contribution is -2.48. The highest BCUT2D eigenvalue weighted by atomic mass is 19.1. The van der Waals surface area contributed by atoms with Crippen LogP contribution in [0.3, 0.4) is 0 Å². The van der Waals surface area contributed by atoms with Crippen molar-refractivity contribution in [3.8, 4) is 5.75 Å². The first kappa shape index (κ1) is 15.5. The molecule has 0 aromatic heterocycles. The molecule has 0 aliphatic carbocycles. The quantitative estimate of drug-likeness (QED) is 0.819. The van der Waals surface area contributed by atoms with Crippen LogP contribution >= 0.6 is 0 Å². The van der Waals surface area contributed by atoms with Gasteiger partial charge in [0.15, 0.2) is 17.7 Å². The zero-order valence-corrected chi connectivity index (χ0v) is 12.2. The van der Waals surface area contributed by atoms with E-state index in [0.29, 0.717) is 0 Å². The fraction of sp³-hybridized carbons (Fsp3) is 0.533. The van der Waals surface area contributed by atoms with Crippen molar-refractivity contribution in [1.29, 1.82) is 0 Å². The first-order valence-electron chi connectivity index (χ1n) is 6.58. The van der Waals surface area contributed by atoms with Gasteiger partial charge in [0.05, 0.1) is 0 Å². The molecule has 3 nitrogen and oxygen atoms in total.